The number of hydrogen-bond donors (Lipinski definition) is 2. The molecule has 0 saturated carbocycles. The van der Waals surface area contributed by atoms with Crippen molar-refractivity contribution in [2.75, 3.05) is 18.5 Å². The number of thiophene rings is 1. The van der Waals surface area contributed by atoms with Gasteiger partial charge in [-0.2, -0.15) is 4.98 Å². The molecule has 1 fully saturated rings. The third kappa shape index (κ3) is 3.92. The molecule has 31 heavy (non-hydrogen) atoms. The van der Waals surface area contributed by atoms with Gasteiger partial charge in [-0.3, -0.25) is 9.59 Å². The van der Waals surface area contributed by atoms with Crippen LogP contribution in [0.1, 0.15) is 62.8 Å². The van der Waals surface area contributed by atoms with Crippen molar-refractivity contribution in [3.63, 3.8) is 0 Å². The van der Waals surface area contributed by atoms with Gasteiger partial charge >= 0.3 is 0 Å². The molecule has 0 aromatic carbocycles. The minimum Gasteiger partial charge on any atom is -0.376 e. The SMILES string of the molecule is Cc1ccnc2nc(C(=O)Nc3sc4c(c3C(=O)NC[C@H]3CCCO3)CCCC4)nn12. The van der Waals surface area contributed by atoms with Crippen molar-refractivity contribution in [1.82, 2.24) is 24.9 Å². The van der Waals surface area contributed by atoms with Crippen molar-refractivity contribution < 1.29 is 14.3 Å². The number of aryl methyl sites for hydroxylation is 2. The van der Waals surface area contributed by atoms with Crippen LogP contribution in [0.3, 0.4) is 0 Å². The highest BCUT2D eigenvalue weighted by atomic mass is 32.1. The van der Waals surface area contributed by atoms with E-state index in [4.69, 9.17) is 4.74 Å². The van der Waals surface area contributed by atoms with E-state index in [2.05, 4.69) is 25.7 Å². The molecule has 1 saturated heterocycles. The van der Waals surface area contributed by atoms with Crippen molar-refractivity contribution in [3.8, 4) is 0 Å². The fourth-order valence-electron chi connectivity index (χ4n) is 4.16. The molecule has 1 aliphatic carbocycles. The van der Waals surface area contributed by atoms with Gasteiger partial charge in [-0.1, -0.05) is 0 Å². The first-order valence-corrected chi connectivity index (χ1v) is 11.5. The van der Waals surface area contributed by atoms with Crippen molar-refractivity contribution in [2.24, 2.45) is 0 Å². The maximum Gasteiger partial charge on any atom is 0.296 e. The highest BCUT2D eigenvalue weighted by Gasteiger charge is 2.28. The minimum absolute atomic E-state index is 0.0267. The Kier molecular flexibility index (Phi) is 5.41. The molecule has 5 rings (SSSR count). The lowest BCUT2D eigenvalue weighted by molar-refractivity contribution is 0.0858. The fraction of sp³-hybridized carbons (Fsp3) is 0.476. The van der Waals surface area contributed by atoms with E-state index in [-0.39, 0.29) is 17.8 Å². The molecule has 162 valence electrons. The molecule has 9 nitrogen and oxygen atoms in total. The number of nitrogens with one attached hydrogen (secondary N) is 2. The third-order valence-corrected chi connectivity index (χ3v) is 6.98. The Morgan fingerprint density at radius 3 is 2.94 bits per heavy atom. The van der Waals surface area contributed by atoms with Gasteiger partial charge in [-0.25, -0.2) is 9.50 Å². The summed E-state index contributed by atoms with van der Waals surface area (Å²) in [7, 11) is 0. The summed E-state index contributed by atoms with van der Waals surface area (Å²) >= 11 is 1.48. The zero-order valence-corrected chi connectivity index (χ0v) is 18.1. The topological polar surface area (TPSA) is 111 Å². The zero-order chi connectivity index (χ0) is 21.4. The smallest absolute Gasteiger partial charge is 0.296 e. The minimum atomic E-state index is -0.448. The number of anilines is 1. The predicted octanol–water partition coefficient (Wildman–Crippen LogP) is 2.53. The summed E-state index contributed by atoms with van der Waals surface area (Å²) in [5.41, 5.74) is 2.46. The summed E-state index contributed by atoms with van der Waals surface area (Å²) in [6.07, 6.45) is 7.59. The summed E-state index contributed by atoms with van der Waals surface area (Å²) in [5, 5.41) is 10.7. The van der Waals surface area contributed by atoms with Crippen LogP contribution in [-0.2, 0) is 17.6 Å². The number of rotatable bonds is 5. The Morgan fingerprint density at radius 1 is 1.26 bits per heavy atom. The average molecular weight is 441 g/mol. The van der Waals surface area contributed by atoms with E-state index in [1.54, 1.807) is 12.3 Å². The zero-order valence-electron chi connectivity index (χ0n) is 17.3. The summed E-state index contributed by atoms with van der Waals surface area (Å²) in [4.78, 5) is 35.6. The Balaban J connectivity index is 1.40. The molecule has 0 spiro atoms. The Hall–Kier alpha value is -2.85. The average Bonchev–Trinajstić information content (AvgIpc) is 3.50. The van der Waals surface area contributed by atoms with Crippen molar-refractivity contribution in [3.05, 3.63) is 39.8 Å². The molecule has 4 heterocycles. The van der Waals surface area contributed by atoms with Crippen molar-refractivity contribution >= 4 is 33.9 Å². The van der Waals surface area contributed by atoms with Gasteiger partial charge in [0.2, 0.25) is 5.82 Å². The van der Waals surface area contributed by atoms with E-state index in [1.807, 2.05) is 6.92 Å². The number of aromatic nitrogens is 4. The number of hydrogen-bond acceptors (Lipinski definition) is 7. The number of fused-ring (bicyclic) bond motifs is 2. The first-order chi connectivity index (χ1) is 15.1. The summed E-state index contributed by atoms with van der Waals surface area (Å²) in [6.45, 7) is 3.10. The maximum atomic E-state index is 13.1. The number of nitrogens with zero attached hydrogens (tertiary/aromatic N) is 4. The van der Waals surface area contributed by atoms with Crippen LogP contribution in [0, 0.1) is 6.92 Å². The number of amides is 2. The van der Waals surface area contributed by atoms with E-state index in [9.17, 15) is 9.59 Å². The highest BCUT2D eigenvalue weighted by Crippen LogP contribution is 2.38. The van der Waals surface area contributed by atoms with Crippen LogP contribution in [0.15, 0.2) is 12.3 Å². The fourth-order valence-corrected chi connectivity index (χ4v) is 5.44. The standard InChI is InChI=1S/C21H24N6O3S/c1-12-8-9-22-21-24-17(26-27(12)21)19(29)25-20-16(14-6-2-3-7-15(14)31-20)18(28)23-11-13-5-4-10-30-13/h8-9,13H,2-7,10-11H2,1H3,(H,23,28)(H,25,29)/t13-/m1/s1. The van der Waals surface area contributed by atoms with Gasteiger partial charge in [-0.15, -0.1) is 16.4 Å². The first-order valence-electron chi connectivity index (χ1n) is 10.6. The van der Waals surface area contributed by atoms with Crippen LogP contribution < -0.4 is 10.6 Å². The first kappa shape index (κ1) is 20.1. The number of carbonyl (C=O) groups is 2. The van der Waals surface area contributed by atoms with Gasteiger partial charge in [0.1, 0.15) is 5.00 Å². The molecular weight excluding hydrogens is 416 g/mol. The lowest BCUT2D eigenvalue weighted by atomic mass is 9.95. The van der Waals surface area contributed by atoms with Gasteiger partial charge in [-0.05, 0) is 57.1 Å². The van der Waals surface area contributed by atoms with E-state index < -0.39 is 5.91 Å². The number of carbonyl (C=O) groups excluding carboxylic acids is 2. The van der Waals surface area contributed by atoms with Crippen LogP contribution in [0.4, 0.5) is 5.00 Å². The van der Waals surface area contributed by atoms with Gasteiger partial charge in [0.25, 0.3) is 17.6 Å². The van der Waals surface area contributed by atoms with Gasteiger partial charge in [0.05, 0.1) is 11.7 Å². The molecule has 3 aromatic rings. The molecule has 2 N–H and O–H groups in total. The van der Waals surface area contributed by atoms with E-state index in [0.717, 1.165) is 56.4 Å². The van der Waals surface area contributed by atoms with Gasteiger partial charge < -0.3 is 15.4 Å². The molecular formula is C21H24N6O3S. The second-order valence-electron chi connectivity index (χ2n) is 7.95. The second-order valence-corrected chi connectivity index (χ2v) is 9.05. The molecule has 2 aliphatic rings. The van der Waals surface area contributed by atoms with Crippen molar-refractivity contribution in [2.45, 2.75) is 51.6 Å². The molecule has 2 amide bonds. The summed E-state index contributed by atoms with van der Waals surface area (Å²) < 4.78 is 7.15. The molecule has 10 heteroatoms. The molecule has 1 aliphatic heterocycles. The van der Waals surface area contributed by atoms with E-state index in [1.165, 1.54) is 20.7 Å². The monoisotopic (exact) mass is 440 g/mol. The molecule has 0 bridgehead atoms. The van der Waals surface area contributed by atoms with Crippen LogP contribution in [-0.4, -0.2) is 50.7 Å². The third-order valence-electron chi connectivity index (χ3n) is 5.77. The van der Waals surface area contributed by atoms with E-state index in [0.29, 0.717) is 22.9 Å². The highest BCUT2D eigenvalue weighted by molar-refractivity contribution is 7.17. The molecule has 0 radical (unpaired) electrons. The predicted molar refractivity (Wildman–Crippen MR) is 116 cm³/mol. The van der Waals surface area contributed by atoms with Gasteiger partial charge in [0, 0.05) is 29.9 Å². The lowest BCUT2D eigenvalue weighted by Gasteiger charge is -2.15. The normalized spacial score (nSPS) is 18.2. The van der Waals surface area contributed by atoms with Crippen LogP contribution in [0.2, 0.25) is 0 Å². The molecule has 1 atom stereocenters. The van der Waals surface area contributed by atoms with Crippen molar-refractivity contribution in [1.29, 1.82) is 0 Å². The number of ether oxygens (including phenoxy) is 1. The summed E-state index contributed by atoms with van der Waals surface area (Å²) in [5.74, 6) is -0.216. The van der Waals surface area contributed by atoms with Crippen LogP contribution in [0.25, 0.3) is 5.78 Å². The molecule has 3 aromatic heterocycles. The Morgan fingerprint density at radius 2 is 2.13 bits per heavy atom. The molecule has 0 unspecified atom stereocenters. The second kappa shape index (κ2) is 8.35. The summed E-state index contributed by atoms with van der Waals surface area (Å²) in [6, 6.07) is 1.80. The Labute approximate surface area is 183 Å². The maximum absolute atomic E-state index is 13.1. The quantitative estimate of drug-likeness (QED) is 0.631. The lowest BCUT2D eigenvalue weighted by Crippen LogP contribution is -2.32. The Bertz CT molecular complexity index is 1150. The van der Waals surface area contributed by atoms with E-state index >= 15 is 0 Å². The van der Waals surface area contributed by atoms with Gasteiger partial charge in [0.15, 0.2) is 0 Å². The largest absolute Gasteiger partial charge is 0.376 e. The van der Waals surface area contributed by atoms with Crippen LogP contribution >= 0.6 is 11.3 Å². The van der Waals surface area contributed by atoms with Crippen LogP contribution in [0.5, 0.6) is 0 Å².